The molecule has 6 heteroatoms. The van der Waals surface area contributed by atoms with Gasteiger partial charge in [0.05, 0.1) is 12.0 Å². The number of benzene rings is 2. The van der Waals surface area contributed by atoms with Crippen molar-refractivity contribution in [1.29, 1.82) is 0 Å². The van der Waals surface area contributed by atoms with Crippen LogP contribution >= 0.6 is 15.9 Å². The maximum atomic E-state index is 5.55. The van der Waals surface area contributed by atoms with Gasteiger partial charge in [-0.25, -0.2) is 5.43 Å². The molecule has 0 spiro atoms. The van der Waals surface area contributed by atoms with Crippen molar-refractivity contribution in [1.82, 2.24) is 21.0 Å². The topological polar surface area (TPSA) is 63.0 Å². The van der Waals surface area contributed by atoms with Gasteiger partial charge >= 0.3 is 0 Å². The van der Waals surface area contributed by atoms with Crippen LogP contribution in [-0.4, -0.2) is 16.7 Å². The van der Waals surface area contributed by atoms with Gasteiger partial charge in [-0.05, 0) is 17.7 Å². The summed E-state index contributed by atoms with van der Waals surface area (Å²) in [5.74, 6) is 1.34. The van der Waals surface area contributed by atoms with Crippen LogP contribution in [0.3, 0.4) is 0 Å². The number of nitrogens with zero attached hydrogens (tertiary/aromatic N) is 2. The lowest BCUT2D eigenvalue weighted by Crippen LogP contribution is -2.24. The minimum atomic E-state index is 0.0983. The van der Waals surface area contributed by atoms with Crippen LogP contribution in [0.1, 0.15) is 23.4 Å². The van der Waals surface area contributed by atoms with E-state index in [1.54, 1.807) is 0 Å². The summed E-state index contributed by atoms with van der Waals surface area (Å²) in [4.78, 5) is 4.61. The van der Waals surface area contributed by atoms with Gasteiger partial charge in [0.25, 0.3) is 0 Å². The fourth-order valence-corrected chi connectivity index (χ4v) is 3.30. The molecule has 5 nitrogen and oxygen atoms in total. The third-order valence-corrected chi connectivity index (χ3v) is 4.71. The normalized spacial score (nSPS) is 20.7. The van der Waals surface area contributed by atoms with Crippen LogP contribution in [0.5, 0.6) is 0 Å². The van der Waals surface area contributed by atoms with Crippen molar-refractivity contribution in [3.8, 4) is 11.4 Å². The molecule has 116 valence electrons. The first-order chi connectivity index (χ1) is 11.3. The molecule has 2 atom stereocenters. The lowest BCUT2D eigenvalue weighted by atomic mass is 9.95. The molecule has 0 amide bonds. The zero-order chi connectivity index (χ0) is 15.6. The first-order valence-corrected chi connectivity index (χ1v) is 8.24. The van der Waals surface area contributed by atoms with Gasteiger partial charge in [0.1, 0.15) is 0 Å². The third kappa shape index (κ3) is 2.81. The van der Waals surface area contributed by atoms with E-state index in [0.29, 0.717) is 11.7 Å². The van der Waals surface area contributed by atoms with Gasteiger partial charge in [-0.2, -0.15) is 4.98 Å². The fourth-order valence-electron chi connectivity index (χ4n) is 2.84. The number of hydrazine groups is 1. The zero-order valence-corrected chi connectivity index (χ0v) is 13.8. The molecule has 4 rings (SSSR count). The Balaban J connectivity index is 1.65. The van der Waals surface area contributed by atoms with E-state index in [2.05, 4.69) is 49.1 Å². The van der Waals surface area contributed by atoms with Crippen molar-refractivity contribution in [2.75, 3.05) is 6.54 Å². The van der Waals surface area contributed by atoms with Crippen LogP contribution in [0.2, 0.25) is 0 Å². The summed E-state index contributed by atoms with van der Waals surface area (Å²) in [7, 11) is 0. The van der Waals surface area contributed by atoms with E-state index < -0.39 is 0 Å². The highest BCUT2D eigenvalue weighted by atomic mass is 79.9. The van der Waals surface area contributed by atoms with E-state index in [-0.39, 0.29) is 12.0 Å². The average Bonchev–Trinajstić information content (AvgIpc) is 3.25. The number of nitrogens with one attached hydrogen (secondary N) is 2. The second-order valence-corrected chi connectivity index (χ2v) is 6.31. The molecule has 0 radical (unpaired) electrons. The Morgan fingerprint density at radius 1 is 1.04 bits per heavy atom. The van der Waals surface area contributed by atoms with Crippen molar-refractivity contribution >= 4 is 15.9 Å². The first kappa shape index (κ1) is 14.6. The van der Waals surface area contributed by atoms with Crippen LogP contribution in [0, 0.1) is 0 Å². The summed E-state index contributed by atoms with van der Waals surface area (Å²) in [5.41, 5.74) is 8.61. The lowest BCUT2D eigenvalue weighted by molar-refractivity contribution is 0.347. The Morgan fingerprint density at radius 2 is 1.83 bits per heavy atom. The van der Waals surface area contributed by atoms with Crippen LogP contribution < -0.4 is 10.9 Å². The SMILES string of the molecule is Brc1ccccc1-c1noc(C2CNNC2c2ccccc2)n1. The molecule has 0 saturated carbocycles. The molecule has 23 heavy (non-hydrogen) atoms. The van der Waals surface area contributed by atoms with Crippen molar-refractivity contribution in [2.45, 2.75) is 12.0 Å². The minimum Gasteiger partial charge on any atom is -0.339 e. The van der Waals surface area contributed by atoms with Crippen LogP contribution in [0.4, 0.5) is 0 Å². The van der Waals surface area contributed by atoms with Crippen LogP contribution in [0.25, 0.3) is 11.4 Å². The van der Waals surface area contributed by atoms with E-state index in [9.17, 15) is 0 Å². The standard InChI is InChI=1S/C17H15BrN4O/c18-14-9-5-4-8-12(14)16-20-17(23-22-16)13-10-19-21-15(13)11-6-2-1-3-7-11/h1-9,13,15,19,21H,10H2. The first-order valence-electron chi connectivity index (χ1n) is 7.45. The zero-order valence-electron chi connectivity index (χ0n) is 12.2. The largest absolute Gasteiger partial charge is 0.339 e. The van der Waals surface area contributed by atoms with Crippen LogP contribution in [-0.2, 0) is 0 Å². The van der Waals surface area contributed by atoms with Gasteiger partial charge in [-0.1, -0.05) is 63.6 Å². The maximum Gasteiger partial charge on any atom is 0.233 e. The van der Waals surface area contributed by atoms with Crippen molar-refractivity contribution < 1.29 is 4.52 Å². The van der Waals surface area contributed by atoms with E-state index in [1.165, 1.54) is 5.56 Å². The van der Waals surface area contributed by atoms with Crippen molar-refractivity contribution in [3.63, 3.8) is 0 Å². The molecule has 1 fully saturated rings. The molecule has 1 aromatic heterocycles. The molecular weight excluding hydrogens is 356 g/mol. The van der Waals surface area contributed by atoms with Crippen molar-refractivity contribution in [2.24, 2.45) is 0 Å². The molecule has 0 aliphatic carbocycles. The molecule has 1 aliphatic heterocycles. The van der Waals surface area contributed by atoms with Crippen LogP contribution in [0.15, 0.2) is 63.6 Å². The average molecular weight is 371 g/mol. The van der Waals surface area contributed by atoms with Crippen molar-refractivity contribution in [3.05, 3.63) is 70.5 Å². The highest BCUT2D eigenvalue weighted by molar-refractivity contribution is 9.10. The Morgan fingerprint density at radius 3 is 2.65 bits per heavy atom. The summed E-state index contributed by atoms with van der Waals surface area (Å²) in [6, 6.07) is 18.3. The Labute approximate surface area is 142 Å². The van der Waals surface area contributed by atoms with E-state index in [1.807, 2.05) is 42.5 Å². The molecule has 0 bridgehead atoms. The molecule has 2 heterocycles. The number of aromatic nitrogens is 2. The van der Waals surface area contributed by atoms with Gasteiger partial charge in [-0.15, -0.1) is 0 Å². The summed E-state index contributed by atoms with van der Waals surface area (Å²) in [6.45, 7) is 0.747. The van der Waals surface area contributed by atoms with Gasteiger partial charge in [0.15, 0.2) is 0 Å². The fraction of sp³-hybridized carbons (Fsp3) is 0.176. The molecule has 2 aromatic carbocycles. The quantitative estimate of drug-likeness (QED) is 0.739. The summed E-state index contributed by atoms with van der Waals surface area (Å²) >= 11 is 3.53. The van der Waals surface area contributed by atoms with E-state index in [4.69, 9.17) is 4.52 Å². The van der Waals surface area contributed by atoms with Gasteiger partial charge in [0.2, 0.25) is 11.7 Å². The second-order valence-electron chi connectivity index (χ2n) is 5.46. The number of rotatable bonds is 3. The Bertz CT molecular complexity index is 805. The van der Waals surface area contributed by atoms with Gasteiger partial charge in [0, 0.05) is 16.6 Å². The summed E-state index contributed by atoms with van der Waals surface area (Å²) in [6.07, 6.45) is 0. The maximum absolute atomic E-state index is 5.55. The highest BCUT2D eigenvalue weighted by Crippen LogP contribution is 2.34. The van der Waals surface area contributed by atoms with E-state index in [0.717, 1.165) is 16.6 Å². The summed E-state index contributed by atoms with van der Waals surface area (Å²) in [5, 5.41) is 4.15. The molecule has 1 aliphatic rings. The molecule has 2 unspecified atom stereocenters. The number of hydrogen-bond donors (Lipinski definition) is 2. The second kappa shape index (κ2) is 6.23. The number of hydrogen-bond acceptors (Lipinski definition) is 5. The predicted molar refractivity (Wildman–Crippen MR) is 90.5 cm³/mol. The Hall–Kier alpha value is -2.02. The minimum absolute atomic E-state index is 0.0983. The third-order valence-electron chi connectivity index (χ3n) is 4.01. The highest BCUT2D eigenvalue weighted by Gasteiger charge is 2.34. The van der Waals surface area contributed by atoms with Gasteiger partial charge < -0.3 is 4.52 Å². The Kier molecular flexibility index (Phi) is 3.95. The monoisotopic (exact) mass is 370 g/mol. The molecule has 2 N–H and O–H groups in total. The summed E-state index contributed by atoms with van der Waals surface area (Å²) < 4.78 is 6.50. The predicted octanol–water partition coefficient (Wildman–Crippen LogP) is 3.43. The molecule has 1 saturated heterocycles. The van der Waals surface area contributed by atoms with Gasteiger partial charge in [-0.3, -0.25) is 5.43 Å². The molecular formula is C17H15BrN4O. The molecule has 3 aromatic rings. The number of halogens is 1. The van der Waals surface area contributed by atoms with E-state index >= 15 is 0 Å². The smallest absolute Gasteiger partial charge is 0.233 e. The lowest BCUT2D eigenvalue weighted by Gasteiger charge is -2.15.